The van der Waals surface area contributed by atoms with Gasteiger partial charge in [0.25, 0.3) is 0 Å². The van der Waals surface area contributed by atoms with Gasteiger partial charge in [-0.05, 0) is 6.92 Å². The van der Waals surface area contributed by atoms with Gasteiger partial charge < -0.3 is 10.6 Å². The molecule has 3 nitrogen and oxygen atoms in total. The summed E-state index contributed by atoms with van der Waals surface area (Å²) in [4.78, 5) is 6.43. The van der Waals surface area contributed by atoms with Crippen molar-refractivity contribution in [2.75, 3.05) is 26.2 Å². The van der Waals surface area contributed by atoms with Crippen LogP contribution in [0.2, 0.25) is 0 Å². The Kier molecular flexibility index (Phi) is 5.84. The lowest BCUT2D eigenvalue weighted by Crippen LogP contribution is -2.30. The highest BCUT2D eigenvalue weighted by molar-refractivity contribution is 5.81. The lowest BCUT2D eigenvalue weighted by Gasteiger charge is -2.15. The number of hydrogen-bond donors (Lipinski definition) is 1. The van der Waals surface area contributed by atoms with Gasteiger partial charge in [0.1, 0.15) is 0 Å². The number of nitrogens with two attached hydrogens (primary N) is 1. The van der Waals surface area contributed by atoms with E-state index in [-0.39, 0.29) is 0 Å². The number of hydrogen-bond acceptors (Lipinski definition) is 3. The predicted molar refractivity (Wildman–Crippen MR) is 50.0 cm³/mol. The fraction of sp³-hybridized carbons (Fsp3) is 0.875. The second-order valence-corrected chi connectivity index (χ2v) is 2.20. The van der Waals surface area contributed by atoms with E-state index in [4.69, 9.17) is 5.73 Å². The van der Waals surface area contributed by atoms with Crippen molar-refractivity contribution >= 4 is 5.84 Å². The molecule has 3 heteroatoms. The minimum absolute atomic E-state index is 0.729. The second kappa shape index (κ2) is 6.16. The molecule has 0 spiro atoms. The van der Waals surface area contributed by atoms with Gasteiger partial charge in [-0.2, -0.15) is 0 Å². The SMILES string of the molecule is CC.CC1=NCCN1CCN. The van der Waals surface area contributed by atoms with Crippen molar-refractivity contribution in [3.63, 3.8) is 0 Å². The quantitative estimate of drug-likeness (QED) is 0.641. The van der Waals surface area contributed by atoms with Gasteiger partial charge in [0.2, 0.25) is 0 Å². The topological polar surface area (TPSA) is 41.6 Å². The zero-order valence-corrected chi connectivity index (χ0v) is 7.80. The van der Waals surface area contributed by atoms with Crippen molar-refractivity contribution in [3.05, 3.63) is 0 Å². The van der Waals surface area contributed by atoms with Crippen molar-refractivity contribution in [3.8, 4) is 0 Å². The summed E-state index contributed by atoms with van der Waals surface area (Å²) in [6.45, 7) is 9.72. The van der Waals surface area contributed by atoms with Crippen molar-refractivity contribution in [1.82, 2.24) is 4.90 Å². The zero-order chi connectivity index (χ0) is 8.69. The Morgan fingerprint density at radius 3 is 2.55 bits per heavy atom. The zero-order valence-electron chi connectivity index (χ0n) is 7.80. The van der Waals surface area contributed by atoms with E-state index in [1.165, 1.54) is 0 Å². The van der Waals surface area contributed by atoms with Crippen LogP contribution < -0.4 is 5.73 Å². The van der Waals surface area contributed by atoms with E-state index < -0.39 is 0 Å². The molecule has 0 bridgehead atoms. The Hall–Kier alpha value is -0.570. The van der Waals surface area contributed by atoms with E-state index in [2.05, 4.69) is 9.89 Å². The molecule has 0 unspecified atom stereocenters. The molecule has 0 saturated carbocycles. The summed E-state index contributed by atoms with van der Waals surface area (Å²) in [5.74, 6) is 1.14. The number of amidine groups is 1. The van der Waals surface area contributed by atoms with Gasteiger partial charge >= 0.3 is 0 Å². The van der Waals surface area contributed by atoms with Crippen molar-refractivity contribution in [2.45, 2.75) is 20.8 Å². The van der Waals surface area contributed by atoms with Gasteiger partial charge in [-0.3, -0.25) is 4.99 Å². The molecule has 66 valence electrons. The maximum absolute atomic E-state index is 5.37. The van der Waals surface area contributed by atoms with Crippen LogP contribution >= 0.6 is 0 Å². The summed E-state index contributed by atoms with van der Waals surface area (Å²) >= 11 is 0. The summed E-state index contributed by atoms with van der Waals surface area (Å²) in [6.07, 6.45) is 0. The minimum atomic E-state index is 0.729. The van der Waals surface area contributed by atoms with Crippen LogP contribution in [-0.2, 0) is 0 Å². The van der Waals surface area contributed by atoms with Crippen LogP contribution in [0.3, 0.4) is 0 Å². The molecule has 0 saturated heterocycles. The largest absolute Gasteiger partial charge is 0.357 e. The highest BCUT2D eigenvalue weighted by atomic mass is 15.2. The molecule has 0 aromatic carbocycles. The molecule has 1 aliphatic rings. The van der Waals surface area contributed by atoms with Crippen LogP contribution in [0.25, 0.3) is 0 Å². The first-order valence-corrected chi connectivity index (χ1v) is 4.30. The van der Waals surface area contributed by atoms with E-state index in [1.807, 2.05) is 20.8 Å². The molecular formula is C8H19N3. The van der Waals surface area contributed by atoms with Crippen LogP contribution in [-0.4, -0.2) is 36.9 Å². The molecule has 0 radical (unpaired) electrons. The predicted octanol–water partition coefficient (Wildman–Crippen LogP) is 0.705. The molecule has 0 amide bonds. The molecule has 0 aromatic rings. The van der Waals surface area contributed by atoms with Crippen LogP contribution in [0, 0.1) is 0 Å². The van der Waals surface area contributed by atoms with E-state index in [1.54, 1.807) is 0 Å². The third kappa shape index (κ3) is 3.37. The Morgan fingerprint density at radius 1 is 1.55 bits per heavy atom. The van der Waals surface area contributed by atoms with Crippen LogP contribution in [0.5, 0.6) is 0 Å². The maximum atomic E-state index is 5.37. The summed E-state index contributed by atoms with van der Waals surface area (Å²) in [5, 5.41) is 0. The Balaban J connectivity index is 0.000000461. The summed E-state index contributed by atoms with van der Waals surface area (Å²) in [5.41, 5.74) is 5.37. The van der Waals surface area contributed by atoms with E-state index in [0.717, 1.165) is 32.0 Å². The third-order valence-corrected chi connectivity index (χ3v) is 1.57. The number of nitrogens with zero attached hydrogens (tertiary/aromatic N) is 2. The molecule has 0 fully saturated rings. The average molecular weight is 157 g/mol. The van der Waals surface area contributed by atoms with Crippen molar-refractivity contribution in [2.24, 2.45) is 10.7 Å². The second-order valence-electron chi connectivity index (χ2n) is 2.20. The maximum Gasteiger partial charge on any atom is 0.0959 e. The third-order valence-electron chi connectivity index (χ3n) is 1.57. The number of aliphatic imine (C=N–C) groups is 1. The Labute approximate surface area is 69.3 Å². The summed E-state index contributed by atoms with van der Waals surface area (Å²) in [7, 11) is 0. The number of rotatable bonds is 2. The van der Waals surface area contributed by atoms with Gasteiger partial charge in [-0.25, -0.2) is 0 Å². The van der Waals surface area contributed by atoms with Gasteiger partial charge in [0.05, 0.1) is 12.4 Å². The molecular weight excluding hydrogens is 138 g/mol. The van der Waals surface area contributed by atoms with Crippen LogP contribution in [0.15, 0.2) is 4.99 Å². The lowest BCUT2D eigenvalue weighted by molar-refractivity contribution is 0.466. The molecule has 1 rings (SSSR count). The first kappa shape index (κ1) is 10.4. The van der Waals surface area contributed by atoms with Crippen molar-refractivity contribution < 1.29 is 0 Å². The molecule has 2 N–H and O–H groups in total. The Morgan fingerprint density at radius 2 is 2.18 bits per heavy atom. The van der Waals surface area contributed by atoms with Gasteiger partial charge in [-0.1, -0.05) is 13.8 Å². The van der Waals surface area contributed by atoms with Crippen LogP contribution in [0.1, 0.15) is 20.8 Å². The van der Waals surface area contributed by atoms with E-state index in [0.29, 0.717) is 0 Å². The normalized spacial score (nSPS) is 15.6. The van der Waals surface area contributed by atoms with Crippen molar-refractivity contribution in [1.29, 1.82) is 0 Å². The first-order valence-electron chi connectivity index (χ1n) is 4.30. The smallest absolute Gasteiger partial charge is 0.0959 e. The summed E-state index contributed by atoms with van der Waals surface area (Å²) in [6, 6.07) is 0. The van der Waals surface area contributed by atoms with Crippen LogP contribution in [0.4, 0.5) is 0 Å². The average Bonchev–Trinajstić information content (AvgIpc) is 2.42. The highest BCUT2D eigenvalue weighted by Gasteiger charge is 2.09. The van der Waals surface area contributed by atoms with Gasteiger partial charge in [0, 0.05) is 19.6 Å². The lowest BCUT2D eigenvalue weighted by atomic mass is 10.5. The minimum Gasteiger partial charge on any atom is -0.357 e. The fourth-order valence-electron chi connectivity index (χ4n) is 1.02. The van der Waals surface area contributed by atoms with Gasteiger partial charge in [0.15, 0.2) is 0 Å². The molecule has 1 heterocycles. The Bertz CT molecular complexity index is 121. The highest BCUT2D eigenvalue weighted by Crippen LogP contribution is 1.98. The van der Waals surface area contributed by atoms with Gasteiger partial charge in [-0.15, -0.1) is 0 Å². The standard InChI is InChI=1S/C6H13N3.C2H6/c1-6-8-3-5-9(6)4-2-7;1-2/h2-5,7H2,1H3;1-2H3. The van der Waals surface area contributed by atoms with E-state index >= 15 is 0 Å². The first-order chi connectivity index (χ1) is 5.34. The molecule has 1 aliphatic heterocycles. The van der Waals surface area contributed by atoms with E-state index in [9.17, 15) is 0 Å². The molecule has 11 heavy (non-hydrogen) atoms. The molecule has 0 aromatic heterocycles. The monoisotopic (exact) mass is 157 g/mol. The summed E-state index contributed by atoms with van der Waals surface area (Å²) < 4.78 is 0. The fourth-order valence-corrected chi connectivity index (χ4v) is 1.02. The molecule has 0 atom stereocenters. The molecule has 0 aliphatic carbocycles.